The van der Waals surface area contributed by atoms with Gasteiger partial charge in [0.15, 0.2) is 0 Å². The summed E-state index contributed by atoms with van der Waals surface area (Å²) < 4.78 is 13.4. The predicted molar refractivity (Wildman–Crippen MR) is 76.9 cm³/mol. The second-order valence-corrected chi connectivity index (χ2v) is 6.65. The summed E-state index contributed by atoms with van der Waals surface area (Å²) >= 11 is 0. The van der Waals surface area contributed by atoms with E-state index >= 15 is 0 Å². The summed E-state index contributed by atoms with van der Waals surface area (Å²) in [6.45, 7) is 6.46. The van der Waals surface area contributed by atoms with Gasteiger partial charge in [0.2, 0.25) is 0 Å². The summed E-state index contributed by atoms with van der Waals surface area (Å²) in [5.41, 5.74) is 5.18. The molecule has 1 fully saturated rings. The minimum atomic E-state index is -0.149. The van der Waals surface area contributed by atoms with Crippen molar-refractivity contribution in [3.63, 3.8) is 0 Å². The van der Waals surface area contributed by atoms with Crippen molar-refractivity contribution < 1.29 is 4.39 Å². The van der Waals surface area contributed by atoms with Crippen molar-refractivity contribution in [2.75, 3.05) is 0 Å². The highest BCUT2D eigenvalue weighted by molar-refractivity contribution is 5.27. The van der Waals surface area contributed by atoms with Crippen LogP contribution in [0.4, 0.5) is 4.39 Å². The number of halogens is 1. The number of nitrogens with one attached hydrogen (secondary N) is 1. The van der Waals surface area contributed by atoms with Crippen LogP contribution in [0.3, 0.4) is 0 Å². The van der Waals surface area contributed by atoms with Crippen LogP contribution in [0, 0.1) is 24.1 Å². The molecule has 0 aliphatic heterocycles. The summed E-state index contributed by atoms with van der Waals surface area (Å²) in [6, 6.07) is 5.45. The molecule has 0 aromatic heterocycles. The Balaban J connectivity index is 2.14. The third-order valence-electron chi connectivity index (χ3n) is 4.58. The molecule has 1 aliphatic rings. The third kappa shape index (κ3) is 3.34. The van der Waals surface area contributed by atoms with Crippen molar-refractivity contribution in [3.05, 3.63) is 35.1 Å². The number of nitrogens with two attached hydrogens (primary N) is 1. The molecule has 0 amide bonds. The first kappa shape index (κ1) is 14.5. The van der Waals surface area contributed by atoms with Crippen LogP contribution < -0.4 is 11.3 Å². The fraction of sp³-hybridized carbons (Fsp3) is 0.625. The number of hydrazine groups is 1. The molecule has 2 rings (SSSR count). The van der Waals surface area contributed by atoms with Gasteiger partial charge >= 0.3 is 0 Å². The standard InChI is InChI=1S/C16H25FN2/c1-11-10-13(4-5-14(11)17)15(19-18)12-6-8-16(2,3)9-7-12/h4-5,10,12,15,19H,6-9,18H2,1-3H3. The van der Waals surface area contributed by atoms with Crippen LogP contribution in [0.2, 0.25) is 0 Å². The molecule has 0 spiro atoms. The lowest BCUT2D eigenvalue weighted by Crippen LogP contribution is -2.36. The first-order valence-electron chi connectivity index (χ1n) is 7.15. The van der Waals surface area contributed by atoms with Gasteiger partial charge in [0.25, 0.3) is 0 Å². The molecule has 0 heterocycles. The van der Waals surface area contributed by atoms with Gasteiger partial charge in [0.1, 0.15) is 5.82 Å². The smallest absolute Gasteiger partial charge is 0.126 e. The van der Waals surface area contributed by atoms with Crippen LogP contribution in [0.5, 0.6) is 0 Å². The van der Waals surface area contributed by atoms with E-state index in [2.05, 4.69) is 19.3 Å². The van der Waals surface area contributed by atoms with E-state index < -0.39 is 0 Å². The summed E-state index contributed by atoms with van der Waals surface area (Å²) in [5, 5.41) is 0. The van der Waals surface area contributed by atoms with Crippen LogP contribution in [0.25, 0.3) is 0 Å². The van der Waals surface area contributed by atoms with Gasteiger partial charge < -0.3 is 0 Å². The Morgan fingerprint density at radius 2 is 1.95 bits per heavy atom. The Morgan fingerprint density at radius 1 is 1.32 bits per heavy atom. The second kappa shape index (κ2) is 5.59. The molecule has 3 N–H and O–H groups in total. The van der Waals surface area contributed by atoms with Crippen LogP contribution in [-0.4, -0.2) is 0 Å². The van der Waals surface area contributed by atoms with Gasteiger partial charge in [-0.3, -0.25) is 11.3 Å². The molecule has 1 unspecified atom stereocenters. The highest BCUT2D eigenvalue weighted by Crippen LogP contribution is 2.42. The molecule has 2 nitrogen and oxygen atoms in total. The lowest BCUT2D eigenvalue weighted by Gasteiger charge is -2.38. The summed E-state index contributed by atoms with van der Waals surface area (Å²) in [4.78, 5) is 0. The molecule has 1 atom stereocenters. The van der Waals surface area contributed by atoms with E-state index in [4.69, 9.17) is 5.84 Å². The van der Waals surface area contributed by atoms with E-state index in [1.54, 1.807) is 13.0 Å². The highest BCUT2D eigenvalue weighted by Gasteiger charge is 2.31. The maximum atomic E-state index is 13.4. The molecule has 0 bridgehead atoms. The molecular formula is C16H25FN2. The fourth-order valence-electron chi connectivity index (χ4n) is 3.12. The van der Waals surface area contributed by atoms with E-state index in [0.717, 1.165) is 5.56 Å². The molecule has 1 aromatic carbocycles. The summed E-state index contributed by atoms with van der Waals surface area (Å²) in [5.74, 6) is 6.14. The van der Waals surface area contributed by atoms with Crippen molar-refractivity contribution in [3.8, 4) is 0 Å². The average Bonchev–Trinajstić information content (AvgIpc) is 2.36. The van der Waals surface area contributed by atoms with Gasteiger partial charge in [-0.05, 0) is 61.1 Å². The van der Waals surface area contributed by atoms with Crippen molar-refractivity contribution in [1.29, 1.82) is 0 Å². The van der Waals surface area contributed by atoms with Gasteiger partial charge in [0, 0.05) is 6.04 Å². The van der Waals surface area contributed by atoms with E-state index in [-0.39, 0.29) is 11.9 Å². The lowest BCUT2D eigenvalue weighted by atomic mass is 9.70. The highest BCUT2D eigenvalue weighted by atomic mass is 19.1. The third-order valence-corrected chi connectivity index (χ3v) is 4.58. The maximum absolute atomic E-state index is 13.4. The number of aryl methyl sites for hydroxylation is 1. The molecular weight excluding hydrogens is 239 g/mol. The lowest BCUT2D eigenvalue weighted by molar-refractivity contribution is 0.161. The van der Waals surface area contributed by atoms with Crippen LogP contribution in [-0.2, 0) is 0 Å². The van der Waals surface area contributed by atoms with E-state index in [9.17, 15) is 4.39 Å². The zero-order valence-corrected chi connectivity index (χ0v) is 12.2. The van der Waals surface area contributed by atoms with Crippen LogP contribution >= 0.6 is 0 Å². The summed E-state index contributed by atoms with van der Waals surface area (Å²) in [6.07, 6.45) is 4.82. The number of rotatable bonds is 3. The van der Waals surface area contributed by atoms with Crippen LogP contribution in [0.1, 0.15) is 56.7 Å². The molecule has 0 saturated heterocycles. The quantitative estimate of drug-likeness (QED) is 0.642. The van der Waals surface area contributed by atoms with E-state index in [1.165, 1.54) is 25.7 Å². The first-order chi connectivity index (χ1) is 8.93. The zero-order chi connectivity index (χ0) is 14.0. The van der Waals surface area contributed by atoms with Crippen molar-refractivity contribution in [2.24, 2.45) is 17.2 Å². The van der Waals surface area contributed by atoms with Gasteiger partial charge in [0.05, 0.1) is 0 Å². The van der Waals surface area contributed by atoms with Gasteiger partial charge in [-0.2, -0.15) is 0 Å². The number of hydrogen-bond acceptors (Lipinski definition) is 2. The molecule has 19 heavy (non-hydrogen) atoms. The molecule has 3 heteroatoms. The minimum Gasteiger partial charge on any atom is -0.271 e. The van der Waals surface area contributed by atoms with Gasteiger partial charge in [-0.15, -0.1) is 0 Å². The largest absolute Gasteiger partial charge is 0.271 e. The molecule has 106 valence electrons. The Kier molecular flexibility index (Phi) is 4.26. The van der Waals surface area contributed by atoms with E-state index in [0.29, 0.717) is 16.9 Å². The Morgan fingerprint density at radius 3 is 2.47 bits per heavy atom. The van der Waals surface area contributed by atoms with Crippen molar-refractivity contribution >= 4 is 0 Å². The topological polar surface area (TPSA) is 38.0 Å². The minimum absolute atomic E-state index is 0.135. The maximum Gasteiger partial charge on any atom is 0.126 e. The molecule has 1 aromatic rings. The summed E-state index contributed by atoms with van der Waals surface area (Å²) in [7, 11) is 0. The first-order valence-corrected chi connectivity index (χ1v) is 7.15. The normalized spacial score (nSPS) is 21.3. The van der Waals surface area contributed by atoms with E-state index in [1.807, 2.05) is 12.1 Å². The van der Waals surface area contributed by atoms with Crippen LogP contribution in [0.15, 0.2) is 18.2 Å². The van der Waals surface area contributed by atoms with Gasteiger partial charge in [-0.1, -0.05) is 26.0 Å². The SMILES string of the molecule is Cc1cc(C(NN)C2CCC(C)(C)CC2)ccc1F. The second-order valence-electron chi connectivity index (χ2n) is 6.65. The average molecular weight is 264 g/mol. The monoisotopic (exact) mass is 264 g/mol. The molecule has 1 saturated carbocycles. The Hall–Kier alpha value is -0.930. The Labute approximate surface area is 115 Å². The number of benzene rings is 1. The molecule has 1 aliphatic carbocycles. The van der Waals surface area contributed by atoms with Crippen molar-refractivity contribution in [2.45, 2.75) is 52.5 Å². The Bertz CT molecular complexity index is 432. The predicted octanol–water partition coefficient (Wildman–Crippen LogP) is 3.85. The number of hydrogen-bond donors (Lipinski definition) is 2. The van der Waals surface area contributed by atoms with Gasteiger partial charge in [-0.25, -0.2) is 4.39 Å². The zero-order valence-electron chi connectivity index (χ0n) is 12.2. The van der Waals surface area contributed by atoms with Crippen molar-refractivity contribution in [1.82, 2.24) is 5.43 Å². The molecule has 0 radical (unpaired) electrons. The fourth-order valence-corrected chi connectivity index (χ4v) is 3.12.